The molecule has 7 heteroatoms. The van der Waals surface area contributed by atoms with E-state index in [2.05, 4.69) is 16.3 Å². The summed E-state index contributed by atoms with van der Waals surface area (Å²) >= 11 is 1.22. The Labute approximate surface area is 107 Å². The Balaban J connectivity index is 2.38. The van der Waals surface area contributed by atoms with Gasteiger partial charge in [0.1, 0.15) is 6.07 Å². The highest BCUT2D eigenvalue weighted by Crippen LogP contribution is 2.28. The van der Waals surface area contributed by atoms with Gasteiger partial charge >= 0.3 is 5.69 Å². The normalized spacial score (nSPS) is 10.3. The minimum Gasteiger partial charge on any atom is -0.392 e. The van der Waals surface area contributed by atoms with Gasteiger partial charge < -0.3 is 5.11 Å². The Hall–Kier alpha value is -2.04. The van der Waals surface area contributed by atoms with Gasteiger partial charge in [0.05, 0.1) is 12.2 Å². The molecule has 0 saturated carbocycles. The number of hydrogen-bond acceptors (Lipinski definition) is 5. The van der Waals surface area contributed by atoms with Gasteiger partial charge in [-0.15, -0.1) is 5.10 Å². The maximum atomic E-state index is 11.2. The number of aliphatic hydroxyl groups excluding tert-OH is 1. The van der Waals surface area contributed by atoms with Crippen LogP contribution in [0, 0.1) is 11.3 Å². The molecule has 1 aromatic heterocycles. The molecule has 1 aromatic carbocycles. The molecule has 2 aromatic rings. The second kappa shape index (κ2) is 5.08. The van der Waals surface area contributed by atoms with Gasteiger partial charge in [-0.2, -0.15) is 5.26 Å². The van der Waals surface area contributed by atoms with Gasteiger partial charge in [-0.3, -0.25) is 4.57 Å². The second-order valence-electron chi connectivity index (χ2n) is 3.57. The number of aromatic nitrogens is 3. The minimum absolute atomic E-state index is 0.111. The Morgan fingerprint density at radius 1 is 1.61 bits per heavy atom. The molecule has 2 rings (SSSR count). The molecule has 0 fully saturated rings. The average Bonchev–Trinajstić information content (AvgIpc) is 2.71. The Morgan fingerprint density at radius 3 is 2.94 bits per heavy atom. The predicted molar refractivity (Wildman–Crippen MR) is 65.0 cm³/mol. The first-order valence-electron chi connectivity index (χ1n) is 5.09. The van der Waals surface area contributed by atoms with Crippen LogP contribution < -0.4 is 5.69 Å². The van der Waals surface area contributed by atoms with Gasteiger partial charge in [0, 0.05) is 11.9 Å². The molecule has 0 aliphatic rings. The van der Waals surface area contributed by atoms with Gasteiger partial charge in [-0.1, -0.05) is 6.07 Å². The van der Waals surface area contributed by atoms with Crippen LogP contribution in [0.1, 0.15) is 11.1 Å². The van der Waals surface area contributed by atoms with E-state index in [-0.39, 0.29) is 12.3 Å². The van der Waals surface area contributed by atoms with Crippen LogP contribution in [0.25, 0.3) is 0 Å². The molecule has 0 bridgehead atoms. The largest absolute Gasteiger partial charge is 0.392 e. The number of hydrogen-bond donors (Lipinski definition) is 2. The van der Waals surface area contributed by atoms with Gasteiger partial charge in [0.15, 0.2) is 5.16 Å². The second-order valence-corrected chi connectivity index (χ2v) is 4.58. The van der Waals surface area contributed by atoms with E-state index in [1.54, 1.807) is 25.2 Å². The van der Waals surface area contributed by atoms with Crippen molar-refractivity contribution < 1.29 is 5.11 Å². The third-order valence-electron chi connectivity index (χ3n) is 2.39. The van der Waals surface area contributed by atoms with Gasteiger partial charge in [0.25, 0.3) is 0 Å². The van der Waals surface area contributed by atoms with Crippen LogP contribution >= 0.6 is 11.8 Å². The zero-order valence-corrected chi connectivity index (χ0v) is 10.4. The topological polar surface area (TPSA) is 94.7 Å². The summed E-state index contributed by atoms with van der Waals surface area (Å²) in [5, 5.41) is 24.7. The SMILES string of the molecule is Cn1c(Sc2ccc(CO)cc2C#N)n[nH]c1=O. The molecule has 0 aliphatic carbocycles. The standard InChI is InChI=1S/C11H10N4O2S/c1-15-10(17)13-14-11(15)18-9-3-2-7(6-16)4-8(9)5-12/h2-4,16H,6H2,1H3,(H,13,17). The monoisotopic (exact) mass is 262 g/mol. The molecular formula is C11H10N4O2S. The highest BCUT2D eigenvalue weighted by molar-refractivity contribution is 7.99. The van der Waals surface area contributed by atoms with E-state index >= 15 is 0 Å². The maximum Gasteiger partial charge on any atom is 0.343 e. The van der Waals surface area contributed by atoms with Crippen LogP contribution in [0.3, 0.4) is 0 Å². The summed E-state index contributed by atoms with van der Waals surface area (Å²) in [4.78, 5) is 11.9. The van der Waals surface area contributed by atoms with Crippen LogP contribution in [0.5, 0.6) is 0 Å². The van der Waals surface area contributed by atoms with Crippen molar-refractivity contribution in [2.24, 2.45) is 7.05 Å². The minimum atomic E-state index is -0.303. The summed E-state index contributed by atoms with van der Waals surface area (Å²) in [5.74, 6) is 0. The highest BCUT2D eigenvalue weighted by Gasteiger charge is 2.10. The Kier molecular flexibility index (Phi) is 3.50. The number of nitriles is 1. The fourth-order valence-corrected chi connectivity index (χ4v) is 2.23. The third-order valence-corrected chi connectivity index (χ3v) is 3.51. The summed E-state index contributed by atoms with van der Waals surface area (Å²) in [7, 11) is 1.60. The van der Waals surface area contributed by atoms with Crippen molar-refractivity contribution in [3.63, 3.8) is 0 Å². The predicted octanol–water partition coefficient (Wildman–Crippen LogP) is 0.624. The quantitative estimate of drug-likeness (QED) is 0.845. The van der Waals surface area contributed by atoms with Crippen LogP contribution in [0.2, 0.25) is 0 Å². The Morgan fingerprint density at radius 2 is 2.39 bits per heavy atom. The lowest BCUT2D eigenvalue weighted by atomic mass is 10.1. The molecule has 0 radical (unpaired) electrons. The number of aliphatic hydroxyl groups is 1. The molecule has 1 heterocycles. The first-order valence-corrected chi connectivity index (χ1v) is 5.90. The first kappa shape index (κ1) is 12.4. The Bertz CT molecular complexity index is 668. The van der Waals surface area contributed by atoms with Crippen molar-refractivity contribution in [1.82, 2.24) is 14.8 Å². The van der Waals surface area contributed by atoms with E-state index in [9.17, 15) is 4.79 Å². The van der Waals surface area contributed by atoms with Crippen LogP contribution in [-0.4, -0.2) is 19.9 Å². The van der Waals surface area contributed by atoms with Crippen molar-refractivity contribution in [2.75, 3.05) is 0 Å². The van der Waals surface area contributed by atoms with E-state index < -0.39 is 0 Å². The lowest BCUT2D eigenvalue weighted by Gasteiger charge is -2.04. The molecular weight excluding hydrogens is 252 g/mol. The molecule has 18 heavy (non-hydrogen) atoms. The zero-order valence-electron chi connectivity index (χ0n) is 9.54. The van der Waals surface area contributed by atoms with Gasteiger partial charge in [-0.25, -0.2) is 9.89 Å². The van der Waals surface area contributed by atoms with E-state index in [0.29, 0.717) is 21.2 Å². The molecule has 92 valence electrons. The van der Waals surface area contributed by atoms with E-state index in [1.807, 2.05) is 0 Å². The zero-order chi connectivity index (χ0) is 13.1. The molecule has 0 atom stereocenters. The van der Waals surface area contributed by atoms with Crippen LogP contribution in [-0.2, 0) is 13.7 Å². The molecule has 2 N–H and O–H groups in total. The van der Waals surface area contributed by atoms with Gasteiger partial charge in [-0.05, 0) is 29.5 Å². The molecule has 0 saturated heterocycles. The van der Waals surface area contributed by atoms with Crippen LogP contribution in [0.4, 0.5) is 0 Å². The lowest BCUT2D eigenvalue weighted by molar-refractivity contribution is 0.281. The highest BCUT2D eigenvalue weighted by atomic mass is 32.2. The summed E-state index contributed by atoms with van der Waals surface area (Å²) in [5.41, 5.74) is 0.816. The molecule has 0 spiro atoms. The number of rotatable bonds is 3. The number of H-pyrrole nitrogens is 1. The van der Waals surface area contributed by atoms with E-state index in [1.165, 1.54) is 16.3 Å². The molecule has 6 nitrogen and oxygen atoms in total. The van der Waals surface area contributed by atoms with Crippen molar-refractivity contribution in [3.05, 3.63) is 39.8 Å². The summed E-state index contributed by atoms with van der Waals surface area (Å²) in [6.45, 7) is -0.111. The number of benzene rings is 1. The smallest absolute Gasteiger partial charge is 0.343 e. The van der Waals surface area contributed by atoms with Crippen molar-refractivity contribution in [2.45, 2.75) is 16.7 Å². The number of nitrogens with zero attached hydrogens (tertiary/aromatic N) is 3. The van der Waals surface area contributed by atoms with Crippen molar-refractivity contribution in [1.29, 1.82) is 5.26 Å². The van der Waals surface area contributed by atoms with E-state index in [4.69, 9.17) is 10.4 Å². The fourth-order valence-electron chi connectivity index (χ4n) is 1.37. The van der Waals surface area contributed by atoms with Gasteiger partial charge in [0.2, 0.25) is 0 Å². The summed E-state index contributed by atoms with van der Waals surface area (Å²) in [6, 6.07) is 7.14. The first-order chi connectivity index (χ1) is 8.65. The molecule has 0 aliphatic heterocycles. The third kappa shape index (κ3) is 2.30. The van der Waals surface area contributed by atoms with Crippen molar-refractivity contribution in [3.8, 4) is 6.07 Å². The average molecular weight is 262 g/mol. The molecule has 0 amide bonds. The summed E-state index contributed by atoms with van der Waals surface area (Å²) in [6.07, 6.45) is 0. The summed E-state index contributed by atoms with van der Waals surface area (Å²) < 4.78 is 1.37. The molecule has 0 unspecified atom stereocenters. The number of nitrogens with one attached hydrogen (secondary N) is 1. The number of aromatic amines is 1. The fraction of sp³-hybridized carbons (Fsp3) is 0.182. The maximum absolute atomic E-state index is 11.2. The van der Waals surface area contributed by atoms with Crippen molar-refractivity contribution >= 4 is 11.8 Å². The van der Waals surface area contributed by atoms with E-state index in [0.717, 1.165) is 0 Å². The lowest BCUT2D eigenvalue weighted by Crippen LogP contribution is -2.12. The van der Waals surface area contributed by atoms with Crippen LogP contribution in [0.15, 0.2) is 33.0 Å².